The van der Waals surface area contributed by atoms with Gasteiger partial charge in [0, 0.05) is 12.3 Å². The molecule has 0 unspecified atom stereocenters. The van der Waals surface area contributed by atoms with Crippen molar-refractivity contribution in [3.63, 3.8) is 0 Å². The Morgan fingerprint density at radius 3 is 2.95 bits per heavy atom. The van der Waals surface area contributed by atoms with E-state index in [1.165, 1.54) is 30.6 Å². The Balaban J connectivity index is 2.14. The number of anilines is 1. The van der Waals surface area contributed by atoms with Crippen LogP contribution in [-0.2, 0) is 0 Å². The molecule has 0 saturated carbocycles. The Bertz CT molecular complexity index is 676. The number of rotatable bonds is 4. The molecule has 0 aliphatic carbocycles. The Kier molecular flexibility index (Phi) is 4.26. The second kappa shape index (κ2) is 6.11. The minimum absolute atomic E-state index is 0.0617. The second-order valence-corrected chi connectivity index (χ2v) is 4.56. The minimum atomic E-state index is -0.540. The third-order valence-electron chi connectivity index (χ3n) is 2.34. The summed E-state index contributed by atoms with van der Waals surface area (Å²) in [6, 6.07) is 7.63. The third-order valence-corrected chi connectivity index (χ3v) is 2.97. The molecular formula is C12H9BrN4O3. The largest absolute Gasteiger partial charge is 0.507 e. The average Bonchev–Trinajstić information content (AvgIpc) is 2.43. The molecule has 0 atom stereocenters. The van der Waals surface area contributed by atoms with Crippen molar-refractivity contribution in [1.29, 1.82) is 0 Å². The zero-order valence-electron chi connectivity index (χ0n) is 10.0. The Morgan fingerprint density at radius 1 is 1.45 bits per heavy atom. The van der Waals surface area contributed by atoms with Gasteiger partial charge in [-0.15, -0.1) is 0 Å². The maximum absolute atomic E-state index is 10.8. The van der Waals surface area contributed by atoms with E-state index in [0.29, 0.717) is 10.0 Å². The molecule has 0 fully saturated rings. The van der Waals surface area contributed by atoms with Crippen molar-refractivity contribution in [2.75, 3.05) is 5.43 Å². The van der Waals surface area contributed by atoms with Gasteiger partial charge in [-0.05, 0) is 45.8 Å². The number of halogens is 1. The molecule has 0 bridgehead atoms. The molecule has 0 aliphatic heterocycles. The number of aromatic hydroxyl groups is 1. The Morgan fingerprint density at radius 2 is 2.25 bits per heavy atom. The van der Waals surface area contributed by atoms with Gasteiger partial charge in [0.05, 0.1) is 15.6 Å². The molecular weight excluding hydrogens is 328 g/mol. The first kappa shape index (κ1) is 13.9. The number of benzene rings is 1. The Hall–Kier alpha value is -2.48. The van der Waals surface area contributed by atoms with E-state index in [1.54, 1.807) is 12.1 Å². The molecule has 1 aromatic carbocycles. The highest BCUT2D eigenvalue weighted by Gasteiger charge is 2.12. The fourth-order valence-corrected chi connectivity index (χ4v) is 1.80. The first-order valence-corrected chi connectivity index (χ1v) is 6.24. The number of phenolic OH excluding ortho intramolecular Hbond substituents is 1. The van der Waals surface area contributed by atoms with Crippen LogP contribution in [0, 0.1) is 10.1 Å². The van der Waals surface area contributed by atoms with Crippen LogP contribution in [0.3, 0.4) is 0 Å². The average molecular weight is 337 g/mol. The smallest absolute Gasteiger partial charge is 0.313 e. The van der Waals surface area contributed by atoms with Gasteiger partial charge in [-0.25, -0.2) is 4.98 Å². The molecule has 2 rings (SSSR count). The van der Waals surface area contributed by atoms with Crippen LogP contribution in [-0.4, -0.2) is 21.2 Å². The highest BCUT2D eigenvalue weighted by atomic mass is 79.9. The van der Waals surface area contributed by atoms with Crippen molar-refractivity contribution >= 4 is 33.6 Å². The molecule has 0 saturated heterocycles. The van der Waals surface area contributed by atoms with Crippen LogP contribution in [0.2, 0.25) is 0 Å². The molecule has 0 aliphatic rings. The summed E-state index contributed by atoms with van der Waals surface area (Å²) in [5, 5.41) is 24.0. The topological polar surface area (TPSA) is 101 Å². The van der Waals surface area contributed by atoms with Crippen LogP contribution < -0.4 is 5.43 Å². The van der Waals surface area contributed by atoms with Gasteiger partial charge in [-0.3, -0.25) is 15.5 Å². The maximum atomic E-state index is 10.8. The number of nitro groups is 1. The van der Waals surface area contributed by atoms with Crippen LogP contribution in [0.4, 0.5) is 11.5 Å². The summed E-state index contributed by atoms with van der Waals surface area (Å²) in [7, 11) is 0. The lowest BCUT2D eigenvalue weighted by molar-refractivity contribution is -0.384. The second-order valence-electron chi connectivity index (χ2n) is 3.71. The number of aromatic nitrogens is 1. The van der Waals surface area contributed by atoms with Gasteiger partial charge in [-0.1, -0.05) is 0 Å². The SMILES string of the molecule is O=[N+]([O-])c1cccnc1NN=Cc1ccc(O)c(Br)c1. The van der Waals surface area contributed by atoms with Gasteiger partial charge in [-0.2, -0.15) is 5.10 Å². The molecule has 20 heavy (non-hydrogen) atoms. The normalized spacial score (nSPS) is 10.7. The molecule has 0 spiro atoms. The molecule has 8 heteroatoms. The molecule has 1 aromatic heterocycles. The molecule has 1 heterocycles. The lowest BCUT2D eigenvalue weighted by Gasteiger charge is -2.00. The van der Waals surface area contributed by atoms with Gasteiger partial charge in [0.25, 0.3) is 0 Å². The standard InChI is InChI=1S/C12H9BrN4O3/c13-9-6-8(3-4-11(9)18)7-15-16-12-10(17(19)20)2-1-5-14-12/h1-7,18H,(H,14,16). The summed E-state index contributed by atoms with van der Waals surface area (Å²) in [6.07, 6.45) is 2.89. The van der Waals surface area contributed by atoms with Gasteiger partial charge in [0.2, 0.25) is 5.82 Å². The number of hydrazone groups is 1. The Labute approximate surface area is 122 Å². The van der Waals surface area contributed by atoms with Crippen molar-refractivity contribution in [3.8, 4) is 5.75 Å². The fraction of sp³-hybridized carbons (Fsp3) is 0. The monoisotopic (exact) mass is 336 g/mol. The van der Waals surface area contributed by atoms with E-state index in [2.05, 4.69) is 31.4 Å². The van der Waals surface area contributed by atoms with Gasteiger partial charge in [0.1, 0.15) is 5.75 Å². The maximum Gasteiger partial charge on any atom is 0.313 e. The molecule has 7 nitrogen and oxygen atoms in total. The molecule has 2 aromatic rings. The van der Waals surface area contributed by atoms with Crippen LogP contribution in [0.15, 0.2) is 46.1 Å². The highest BCUT2D eigenvalue weighted by molar-refractivity contribution is 9.10. The lowest BCUT2D eigenvalue weighted by atomic mass is 10.2. The van der Waals surface area contributed by atoms with Crippen molar-refractivity contribution in [1.82, 2.24) is 4.98 Å². The number of phenols is 1. The van der Waals surface area contributed by atoms with E-state index < -0.39 is 4.92 Å². The van der Waals surface area contributed by atoms with Gasteiger partial charge < -0.3 is 5.11 Å². The number of nitrogens with one attached hydrogen (secondary N) is 1. The first-order chi connectivity index (χ1) is 9.58. The van der Waals surface area contributed by atoms with Crippen molar-refractivity contribution < 1.29 is 10.0 Å². The number of pyridine rings is 1. The van der Waals surface area contributed by atoms with E-state index in [-0.39, 0.29) is 17.3 Å². The molecule has 0 amide bonds. The summed E-state index contributed by atoms with van der Waals surface area (Å²) < 4.78 is 0.533. The quantitative estimate of drug-likeness (QED) is 0.507. The summed E-state index contributed by atoms with van der Waals surface area (Å²) in [5.74, 6) is 0.182. The van der Waals surface area contributed by atoms with Crippen molar-refractivity contribution in [2.24, 2.45) is 5.10 Å². The lowest BCUT2D eigenvalue weighted by Crippen LogP contribution is -1.98. The van der Waals surface area contributed by atoms with Crippen LogP contribution in [0.5, 0.6) is 5.75 Å². The van der Waals surface area contributed by atoms with Gasteiger partial charge in [0.15, 0.2) is 0 Å². The van der Waals surface area contributed by atoms with E-state index in [4.69, 9.17) is 0 Å². The zero-order chi connectivity index (χ0) is 14.5. The zero-order valence-corrected chi connectivity index (χ0v) is 11.6. The summed E-state index contributed by atoms with van der Waals surface area (Å²) in [6.45, 7) is 0. The van der Waals surface area contributed by atoms with E-state index >= 15 is 0 Å². The molecule has 0 radical (unpaired) electrons. The highest BCUT2D eigenvalue weighted by Crippen LogP contribution is 2.24. The molecule has 2 N–H and O–H groups in total. The number of hydrogen-bond donors (Lipinski definition) is 2. The third kappa shape index (κ3) is 3.29. The number of nitrogens with zero attached hydrogens (tertiary/aromatic N) is 3. The van der Waals surface area contributed by atoms with Crippen LogP contribution in [0.1, 0.15) is 5.56 Å². The van der Waals surface area contributed by atoms with Crippen molar-refractivity contribution in [3.05, 3.63) is 56.7 Å². The summed E-state index contributed by atoms with van der Waals surface area (Å²) in [5.41, 5.74) is 3.07. The first-order valence-electron chi connectivity index (χ1n) is 5.45. The fourth-order valence-electron chi connectivity index (χ4n) is 1.40. The van der Waals surface area contributed by atoms with E-state index in [9.17, 15) is 15.2 Å². The predicted molar refractivity (Wildman–Crippen MR) is 77.9 cm³/mol. The van der Waals surface area contributed by atoms with Crippen LogP contribution in [0.25, 0.3) is 0 Å². The minimum Gasteiger partial charge on any atom is -0.507 e. The summed E-state index contributed by atoms with van der Waals surface area (Å²) >= 11 is 3.18. The van der Waals surface area contributed by atoms with E-state index in [0.717, 1.165) is 0 Å². The van der Waals surface area contributed by atoms with Crippen molar-refractivity contribution in [2.45, 2.75) is 0 Å². The number of hydrogen-bond acceptors (Lipinski definition) is 6. The van der Waals surface area contributed by atoms with Crippen LogP contribution >= 0.6 is 15.9 Å². The van der Waals surface area contributed by atoms with E-state index in [1.807, 2.05) is 0 Å². The molecule has 102 valence electrons. The predicted octanol–water partition coefficient (Wildman–Crippen LogP) is 2.90. The summed E-state index contributed by atoms with van der Waals surface area (Å²) in [4.78, 5) is 14.1. The van der Waals surface area contributed by atoms with Gasteiger partial charge >= 0.3 is 5.69 Å².